The standard InChI is InChI=1S/C17H16Cl2N2O3/c1-11(24-15-5-3-4-14(9-15)23-2)17(22)21-20-10-12-6-7-13(18)8-16(12)19/h3-11H,1-2H3,(H,21,22)/b20-10+. The maximum atomic E-state index is 12.0. The van der Waals surface area contributed by atoms with Gasteiger partial charge < -0.3 is 9.47 Å². The van der Waals surface area contributed by atoms with Crippen molar-refractivity contribution in [3.63, 3.8) is 0 Å². The average Bonchev–Trinajstić information content (AvgIpc) is 2.56. The largest absolute Gasteiger partial charge is 0.497 e. The van der Waals surface area contributed by atoms with Gasteiger partial charge in [-0.2, -0.15) is 5.10 Å². The van der Waals surface area contributed by atoms with E-state index in [0.717, 1.165) is 0 Å². The van der Waals surface area contributed by atoms with Crippen LogP contribution in [-0.4, -0.2) is 25.3 Å². The van der Waals surface area contributed by atoms with E-state index < -0.39 is 6.10 Å². The third kappa shape index (κ3) is 5.15. The van der Waals surface area contributed by atoms with E-state index in [1.54, 1.807) is 56.5 Å². The monoisotopic (exact) mass is 366 g/mol. The van der Waals surface area contributed by atoms with E-state index in [1.165, 1.54) is 6.21 Å². The quantitative estimate of drug-likeness (QED) is 0.622. The van der Waals surface area contributed by atoms with E-state index >= 15 is 0 Å². The Balaban J connectivity index is 1.92. The van der Waals surface area contributed by atoms with Gasteiger partial charge in [0, 0.05) is 16.7 Å². The summed E-state index contributed by atoms with van der Waals surface area (Å²) in [5.41, 5.74) is 3.05. The van der Waals surface area contributed by atoms with Crippen LogP contribution in [0.4, 0.5) is 0 Å². The van der Waals surface area contributed by atoms with Crippen LogP contribution in [0, 0.1) is 0 Å². The molecule has 0 bridgehead atoms. The molecule has 0 aromatic heterocycles. The van der Waals surface area contributed by atoms with Crippen molar-refractivity contribution in [3.8, 4) is 11.5 Å². The second kappa shape index (κ2) is 8.57. The molecule has 0 saturated carbocycles. The predicted molar refractivity (Wildman–Crippen MR) is 95.3 cm³/mol. The van der Waals surface area contributed by atoms with Crippen LogP contribution in [0.5, 0.6) is 11.5 Å². The van der Waals surface area contributed by atoms with Crippen molar-refractivity contribution in [2.45, 2.75) is 13.0 Å². The minimum Gasteiger partial charge on any atom is -0.497 e. The number of ether oxygens (including phenoxy) is 2. The Kier molecular flexibility index (Phi) is 6.46. The molecule has 2 aromatic carbocycles. The summed E-state index contributed by atoms with van der Waals surface area (Å²) in [7, 11) is 1.56. The summed E-state index contributed by atoms with van der Waals surface area (Å²) >= 11 is 11.8. The smallest absolute Gasteiger partial charge is 0.280 e. The second-order valence-corrected chi connectivity index (χ2v) is 5.68. The lowest BCUT2D eigenvalue weighted by Gasteiger charge is -2.13. The van der Waals surface area contributed by atoms with Crippen molar-refractivity contribution in [2.75, 3.05) is 7.11 Å². The summed E-state index contributed by atoms with van der Waals surface area (Å²) in [4.78, 5) is 12.0. The van der Waals surface area contributed by atoms with E-state index in [9.17, 15) is 4.79 Å². The van der Waals surface area contributed by atoms with Gasteiger partial charge in [0.1, 0.15) is 11.5 Å². The van der Waals surface area contributed by atoms with Gasteiger partial charge in [0.05, 0.1) is 18.3 Å². The van der Waals surface area contributed by atoms with Crippen LogP contribution in [0.25, 0.3) is 0 Å². The molecule has 1 amide bonds. The summed E-state index contributed by atoms with van der Waals surface area (Å²) < 4.78 is 10.7. The first kappa shape index (κ1) is 18.1. The molecule has 0 saturated heterocycles. The molecule has 0 aliphatic rings. The van der Waals surface area contributed by atoms with E-state index in [1.807, 2.05) is 0 Å². The van der Waals surface area contributed by atoms with Gasteiger partial charge in [0.2, 0.25) is 0 Å². The fourth-order valence-corrected chi connectivity index (χ4v) is 2.25. The highest BCUT2D eigenvalue weighted by atomic mass is 35.5. The fraction of sp³-hybridized carbons (Fsp3) is 0.176. The van der Waals surface area contributed by atoms with Crippen molar-refractivity contribution in [1.29, 1.82) is 0 Å². The number of hydrogen-bond donors (Lipinski definition) is 1. The molecule has 2 rings (SSSR count). The van der Waals surface area contributed by atoms with Gasteiger partial charge >= 0.3 is 0 Å². The van der Waals surface area contributed by atoms with E-state index in [0.29, 0.717) is 27.1 Å². The normalized spacial score (nSPS) is 12.0. The minimum atomic E-state index is -0.727. The van der Waals surface area contributed by atoms with Crippen molar-refractivity contribution in [2.24, 2.45) is 5.10 Å². The first-order valence-electron chi connectivity index (χ1n) is 7.08. The van der Waals surface area contributed by atoms with E-state index in [-0.39, 0.29) is 5.91 Å². The Hall–Kier alpha value is -2.24. The van der Waals surface area contributed by atoms with Crippen LogP contribution >= 0.6 is 23.2 Å². The molecule has 5 nitrogen and oxygen atoms in total. The number of hydrazone groups is 1. The van der Waals surface area contributed by atoms with Crippen molar-refractivity contribution >= 4 is 35.3 Å². The van der Waals surface area contributed by atoms with Crippen LogP contribution in [0.1, 0.15) is 12.5 Å². The highest BCUT2D eigenvalue weighted by Gasteiger charge is 2.14. The molecule has 0 aliphatic carbocycles. The molecule has 0 heterocycles. The lowest BCUT2D eigenvalue weighted by atomic mass is 10.2. The number of carbonyl (C=O) groups is 1. The number of nitrogens with one attached hydrogen (secondary N) is 1. The minimum absolute atomic E-state index is 0.390. The summed E-state index contributed by atoms with van der Waals surface area (Å²) in [5, 5.41) is 4.85. The molecule has 1 unspecified atom stereocenters. The number of nitrogens with zero attached hydrogens (tertiary/aromatic N) is 1. The maximum Gasteiger partial charge on any atom is 0.280 e. The van der Waals surface area contributed by atoms with E-state index in [4.69, 9.17) is 32.7 Å². The van der Waals surface area contributed by atoms with Crippen LogP contribution in [-0.2, 0) is 4.79 Å². The van der Waals surface area contributed by atoms with Gasteiger partial charge in [0.15, 0.2) is 6.10 Å². The highest BCUT2D eigenvalue weighted by molar-refractivity contribution is 6.36. The first-order chi connectivity index (χ1) is 11.5. The number of rotatable bonds is 6. The second-order valence-electron chi connectivity index (χ2n) is 4.84. The topological polar surface area (TPSA) is 59.9 Å². The molecule has 1 atom stereocenters. The highest BCUT2D eigenvalue weighted by Crippen LogP contribution is 2.20. The van der Waals surface area contributed by atoms with Gasteiger partial charge in [-0.15, -0.1) is 0 Å². The molecule has 126 valence electrons. The molecule has 7 heteroatoms. The molecule has 1 N–H and O–H groups in total. The lowest BCUT2D eigenvalue weighted by Crippen LogP contribution is -2.33. The number of benzene rings is 2. The number of hydrogen-bond acceptors (Lipinski definition) is 4. The number of methoxy groups -OCH3 is 1. The van der Waals surface area contributed by atoms with E-state index in [2.05, 4.69) is 10.5 Å². The summed E-state index contributed by atoms with van der Waals surface area (Å²) in [6, 6.07) is 12.0. The van der Waals surface area contributed by atoms with Gasteiger partial charge in [-0.3, -0.25) is 4.79 Å². The molecule has 0 fully saturated rings. The number of amides is 1. The van der Waals surface area contributed by atoms with Crippen molar-refractivity contribution < 1.29 is 14.3 Å². The summed E-state index contributed by atoms with van der Waals surface area (Å²) in [6.07, 6.45) is 0.712. The van der Waals surface area contributed by atoms with Gasteiger partial charge in [-0.05, 0) is 31.2 Å². The van der Waals surface area contributed by atoms with Gasteiger partial charge in [0.25, 0.3) is 5.91 Å². The molecule has 2 aromatic rings. The maximum absolute atomic E-state index is 12.0. The van der Waals surface area contributed by atoms with Crippen molar-refractivity contribution in [3.05, 3.63) is 58.1 Å². The predicted octanol–water partition coefficient (Wildman–Crippen LogP) is 3.92. The Labute approximate surface area is 150 Å². The zero-order valence-electron chi connectivity index (χ0n) is 13.1. The fourth-order valence-electron chi connectivity index (χ4n) is 1.79. The Morgan fingerprint density at radius 2 is 1.96 bits per heavy atom. The summed E-state index contributed by atoms with van der Waals surface area (Å²) in [6.45, 7) is 1.62. The van der Waals surface area contributed by atoms with Crippen LogP contribution in [0.3, 0.4) is 0 Å². The Morgan fingerprint density at radius 1 is 1.21 bits per heavy atom. The first-order valence-corrected chi connectivity index (χ1v) is 7.84. The van der Waals surface area contributed by atoms with Gasteiger partial charge in [-0.1, -0.05) is 35.3 Å². The molecule has 0 radical (unpaired) electrons. The molecular formula is C17H16Cl2N2O3. The third-order valence-electron chi connectivity index (χ3n) is 3.06. The molecule has 24 heavy (non-hydrogen) atoms. The van der Waals surface area contributed by atoms with Crippen LogP contribution in [0.15, 0.2) is 47.6 Å². The van der Waals surface area contributed by atoms with Gasteiger partial charge in [-0.25, -0.2) is 5.43 Å². The SMILES string of the molecule is COc1cccc(OC(C)C(=O)N/N=C/c2ccc(Cl)cc2Cl)c1. The lowest BCUT2D eigenvalue weighted by molar-refractivity contribution is -0.127. The van der Waals surface area contributed by atoms with Crippen molar-refractivity contribution in [1.82, 2.24) is 5.43 Å². The molecular weight excluding hydrogens is 351 g/mol. The van der Waals surface area contributed by atoms with Crippen LogP contribution < -0.4 is 14.9 Å². The zero-order valence-corrected chi connectivity index (χ0v) is 14.6. The average molecular weight is 367 g/mol. The zero-order chi connectivity index (χ0) is 17.5. The number of halogens is 2. The van der Waals surface area contributed by atoms with Crippen LogP contribution in [0.2, 0.25) is 10.0 Å². The Morgan fingerprint density at radius 3 is 2.67 bits per heavy atom. The molecule has 0 spiro atoms. The summed E-state index contributed by atoms with van der Waals surface area (Å²) in [5.74, 6) is 0.788. The number of carbonyl (C=O) groups excluding carboxylic acids is 1. The third-order valence-corrected chi connectivity index (χ3v) is 3.63. The molecule has 0 aliphatic heterocycles. The Bertz CT molecular complexity index is 750.